The molecule has 1 saturated heterocycles. The molecule has 1 aromatic rings. The minimum Gasteiger partial charge on any atom is -0.338 e. The van der Waals surface area contributed by atoms with Gasteiger partial charge in [0.15, 0.2) is 9.84 Å². The van der Waals surface area contributed by atoms with Crippen LogP contribution in [0.2, 0.25) is 5.02 Å². The fraction of sp³-hybridized carbons (Fsp3) is 0.529. The lowest BCUT2D eigenvalue weighted by molar-refractivity contribution is -0.143. The summed E-state index contributed by atoms with van der Waals surface area (Å²) in [6, 6.07) is 6.37. The number of hydrogen-bond donors (Lipinski definition) is 1. The standard InChI is InChI=1S/C17H21ClN2O4S/c1-2-20(14-7-10-25(23,24)11-14)16(22)17(8-9-17)15(21)19-13-5-3-12(18)4-6-13/h3-6,14H,2,7-11H2,1H3,(H,19,21). The monoisotopic (exact) mass is 384 g/mol. The van der Waals surface area contributed by atoms with Crippen LogP contribution in [0.3, 0.4) is 0 Å². The number of carbonyl (C=O) groups excluding carboxylic acids is 2. The number of anilines is 1. The molecule has 1 saturated carbocycles. The van der Waals surface area contributed by atoms with Gasteiger partial charge in [-0.3, -0.25) is 9.59 Å². The molecule has 25 heavy (non-hydrogen) atoms. The Labute approximate surface area is 152 Å². The molecular formula is C17H21ClN2O4S. The number of nitrogens with zero attached hydrogens (tertiary/aromatic N) is 1. The summed E-state index contributed by atoms with van der Waals surface area (Å²) in [5.74, 6) is -0.505. The molecule has 1 N–H and O–H groups in total. The van der Waals surface area contributed by atoms with Crippen LogP contribution in [-0.2, 0) is 19.4 Å². The van der Waals surface area contributed by atoms with E-state index in [4.69, 9.17) is 11.6 Å². The summed E-state index contributed by atoms with van der Waals surface area (Å²) in [5.41, 5.74) is -0.484. The molecule has 1 aliphatic carbocycles. The van der Waals surface area contributed by atoms with E-state index in [1.807, 2.05) is 6.92 Å². The lowest BCUT2D eigenvalue weighted by Crippen LogP contribution is -2.48. The Morgan fingerprint density at radius 3 is 2.40 bits per heavy atom. The van der Waals surface area contributed by atoms with Crippen molar-refractivity contribution in [3.63, 3.8) is 0 Å². The number of halogens is 1. The van der Waals surface area contributed by atoms with Crippen molar-refractivity contribution in [1.29, 1.82) is 0 Å². The Morgan fingerprint density at radius 1 is 1.28 bits per heavy atom. The highest BCUT2D eigenvalue weighted by molar-refractivity contribution is 7.91. The van der Waals surface area contributed by atoms with Gasteiger partial charge in [0.1, 0.15) is 5.41 Å². The van der Waals surface area contributed by atoms with Crippen molar-refractivity contribution in [2.24, 2.45) is 5.41 Å². The average Bonchev–Trinajstić information content (AvgIpc) is 3.30. The van der Waals surface area contributed by atoms with Crippen molar-refractivity contribution in [1.82, 2.24) is 4.90 Å². The van der Waals surface area contributed by atoms with Gasteiger partial charge in [0.05, 0.1) is 11.5 Å². The molecule has 3 rings (SSSR count). The first kappa shape index (κ1) is 18.2. The highest BCUT2D eigenvalue weighted by atomic mass is 35.5. The summed E-state index contributed by atoms with van der Waals surface area (Å²) in [6.45, 7) is 2.21. The summed E-state index contributed by atoms with van der Waals surface area (Å²) in [4.78, 5) is 27.2. The first-order valence-corrected chi connectivity index (χ1v) is 10.6. The Balaban J connectivity index is 1.73. The molecule has 0 bridgehead atoms. The second-order valence-electron chi connectivity index (χ2n) is 6.69. The molecule has 1 heterocycles. The molecule has 0 spiro atoms. The highest BCUT2D eigenvalue weighted by Gasteiger charge is 2.58. The van der Waals surface area contributed by atoms with Crippen LogP contribution in [0.5, 0.6) is 0 Å². The Kier molecular flexibility index (Phi) is 4.81. The van der Waals surface area contributed by atoms with E-state index in [0.717, 1.165) is 0 Å². The Hall–Kier alpha value is -1.60. The van der Waals surface area contributed by atoms with Gasteiger partial charge in [-0.2, -0.15) is 0 Å². The van der Waals surface area contributed by atoms with E-state index >= 15 is 0 Å². The fourth-order valence-corrected chi connectivity index (χ4v) is 5.17. The van der Waals surface area contributed by atoms with Crippen LogP contribution < -0.4 is 5.32 Å². The van der Waals surface area contributed by atoms with Gasteiger partial charge < -0.3 is 10.2 Å². The third kappa shape index (κ3) is 3.67. The van der Waals surface area contributed by atoms with E-state index < -0.39 is 15.3 Å². The van der Waals surface area contributed by atoms with Gasteiger partial charge in [-0.25, -0.2) is 8.42 Å². The largest absolute Gasteiger partial charge is 0.338 e. The molecule has 2 fully saturated rings. The highest BCUT2D eigenvalue weighted by Crippen LogP contribution is 2.48. The molecule has 8 heteroatoms. The van der Waals surface area contributed by atoms with E-state index in [9.17, 15) is 18.0 Å². The summed E-state index contributed by atoms with van der Waals surface area (Å²) < 4.78 is 23.4. The molecule has 0 aromatic heterocycles. The molecule has 2 aliphatic rings. The molecular weight excluding hydrogens is 364 g/mol. The summed E-state index contributed by atoms with van der Waals surface area (Å²) >= 11 is 5.83. The van der Waals surface area contributed by atoms with E-state index in [-0.39, 0.29) is 29.4 Å². The Morgan fingerprint density at radius 2 is 1.92 bits per heavy atom. The molecule has 1 atom stereocenters. The maximum atomic E-state index is 13.0. The number of amides is 2. The van der Waals surface area contributed by atoms with Gasteiger partial charge in [0.25, 0.3) is 0 Å². The molecule has 1 unspecified atom stereocenters. The minimum absolute atomic E-state index is 0.0124. The van der Waals surface area contributed by atoms with E-state index in [2.05, 4.69) is 5.32 Å². The molecule has 136 valence electrons. The predicted octanol–water partition coefficient (Wildman–Crippen LogP) is 2.09. The lowest BCUT2D eigenvalue weighted by Gasteiger charge is -2.30. The van der Waals surface area contributed by atoms with Crippen LogP contribution in [-0.4, -0.2) is 49.2 Å². The van der Waals surface area contributed by atoms with Crippen LogP contribution in [0, 0.1) is 5.41 Å². The third-order valence-corrected chi connectivity index (χ3v) is 6.95. The number of carbonyl (C=O) groups is 2. The van der Waals surface area contributed by atoms with Crippen LogP contribution in [0.1, 0.15) is 26.2 Å². The minimum atomic E-state index is -3.09. The van der Waals surface area contributed by atoms with Gasteiger partial charge in [0, 0.05) is 23.3 Å². The van der Waals surface area contributed by atoms with Crippen LogP contribution >= 0.6 is 11.6 Å². The van der Waals surface area contributed by atoms with Gasteiger partial charge in [-0.15, -0.1) is 0 Å². The zero-order valence-corrected chi connectivity index (χ0v) is 15.6. The van der Waals surface area contributed by atoms with Crippen molar-refractivity contribution >= 4 is 38.9 Å². The first-order valence-electron chi connectivity index (χ1n) is 8.36. The predicted molar refractivity (Wildman–Crippen MR) is 96.2 cm³/mol. The third-order valence-electron chi connectivity index (χ3n) is 4.95. The second-order valence-corrected chi connectivity index (χ2v) is 9.36. The molecule has 0 radical (unpaired) electrons. The smallest absolute Gasteiger partial charge is 0.240 e. The van der Waals surface area contributed by atoms with Crippen molar-refractivity contribution in [2.45, 2.75) is 32.2 Å². The number of sulfone groups is 1. The van der Waals surface area contributed by atoms with Gasteiger partial charge >= 0.3 is 0 Å². The topological polar surface area (TPSA) is 83.6 Å². The quantitative estimate of drug-likeness (QED) is 0.788. The second kappa shape index (κ2) is 6.61. The van der Waals surface area contributed by atoms with Crippen molar-refractivity contribution in [3.8, 4) is 0 Å². The van der Waals surface area contributed by atoms with Gasteiger partial charge in [-0.1, -0.05) is 11.6 Å². The summed E-state index contributed by atoms with van der Waals surface area (Å²) in [6.07, 6.45) is 1.42. The summed E-state index contributed by atoms with van der Waals surface area (Å²) in [7, 11) is -3.09. The number of nitrogens with one attached hydrogen (secondary N) is 1. The van der Waals surface area contributed by atoms with Crippen LogP contribution in [0.4, 0.5) is 5.69 Å². The average molecular weight is 385 g/mol. The number of hydrogen-bond acceptors (Lipinski definition) is 4. The van der Waals surface area contributed by atoms with E-state index in [1.54, 1.807) is 29.2 Å². The van der Waals surface area contributed by atoms with Gasteiger partial charge in [0.2, 0.25) is 11.8 Å². The normalized spacial score (nSPS) is 23.0. The fourth-order valence-electron chi connectivity index (χ4n) is 3.31. The van der Waals surface area contributed by atoms with Crippen molar-refractivity contribution < 1.29 is 18.0 Å². The SMILES string of the molecule is CCN(C(=O)C1(C(=O)Nc2ccc(Cl)cc2)CC1)C1CCS(=O)(=O)C1. The maximum absolute atomic E-state index is 13.0. The van der Waals surface area contributed by atoms with Crippen molar-refractivity contribution in [2.75, 3.05) is 23.4 Å². The zero-order valence-electron chi connectivity index (χ0n) is 14.0. The summed E-state index contributed by atoms with van der Waals surface area (Å²) in [5, 5.41) is 3.34. The zero-order chi connectivity index (χ0) is 18.2. The van der Waals surface area contributed by atoms with Gasteiger partial charge in [-0.05, 0) is 50.5 Å². The molecule has 6 nitrogen and oxygen atoms in total. The number of benzene rings is 1. The maximum Gasteiger partial charge on any atom is 0.240 e. The molecule has 1 aromatic carbocycles. The molecule has 2 amide bonds. The first-order chi connectivity index (χ1) is 11.8. The lowest BCUT2D eigenvalue weighted by atomic mass is 10.0. The van der Waals surface area contributed by atoms with Crippen LogP contribution in [0.25, 0.3) is 0 Å². The molecule has 1 aliphatic heterocycles. The number of rotatable bonds is 5. The van der Waals surface area contributed by atoms with E-state index in [0.29, 0.717) is 36.5 Å². The van der Waals surface area contributed by atoms with Crippen LogP contribution in [0.15, 0.2) is 24.3 Å². The van der Waals surface area contributed by atoms with Crippen molar-refractivity contribution in [3.05, 3.63) is 29.3 Å². The Bertz CT molecular complexity index is 787. The van der Waals surface area contributed by atoms with E-state index in [1.165, 1.54) is 0 Å².